The molecule has 25 heavy (non-hydrogen) atoms. The zero-order chi connectivity index (χ0) is 18.6. The van der Waals surface area contributed by atoms with Gasteiger partial charge in [0.05, 0.1) is 13.7 Å². The highest BCUT2D eigenvalue weighted by Crippen LogP contribution is 2.24. The smallest absolute Gasteiger partial charge is 0.244 e. The van der Waals surface area contributed by atoms with Crippen molar-refractivity contribution in [1.82, 2.24) is 4.72 Å². The summed E-state index contributed by atoms with van der Waals surface area (Å²) in [5, 5.41) is 2.68. The normalized spacial score (nSPS) is 11.2. The monoisotopic (exact) mass is 362 g/mol. The van der Waals surface area contributed by atoms with Crippen molar-refractivity contribution in [3.05, 3.63) is 53.1 Å². The Morgan fingerprint density at radius 1 is 1.04 bits per heavy atom. The van der Waals surface area contributed by atoms with Crippen LogP contribution in [-0.2, 0) is 14.8 Å². The van der Waals surface area contributed by atoms with Gasteiger partial charge in [0.2, 0.25) is 15.9 Å². The van der Waals surface area contributed by atoms with Crippen molar-refractivity contribution in [3.63, 3.8) is 0 Å². The van der Waals surface area contributed by atoms with E-state index >= 15 is 0 Å². The van der Waals surface area contributed by atoms with Gasteiger partial charge < -0.3 is 10.1 Å². The summed E-state index contributed by atoms with van der Waals surface area (Å²) in [5.41, 5.74) is 3.56. The van der Waals surface area contributed by atoms with Crippen molar-refractivity contribution < 1.29 is 17.9 Å². The van der Waals surface area contributed by atoms with Crippen LogP contribution in [-0.4, -0.2) is 28.0 Å². The summed E-state index contributed by atoms with van der Waals surface area (Å²) >= 11 is 0. The first kappa shape index (κ1) is 19.0. The standard InChI is InChI=1S/C18H22N2O4S/c1-12-5-8-16(24-4)17(9-12)25(22,23)19-11-18(21)20-15-7-6-13(2)14(3)10-15/h5-10,19H,11H2,1-4H3,(H,20,21). The van der Waals surface area contributed by atoms with Gasteiger partial charge in [0, 0.05) is 5.69 Å². The molecule has 2 aromatic rings. The minimum atomic E-state index is -3.86. The Balaban J connectivity index is 2.07. The molecule has 0 aromatic heterocycles. The van der Waals surface area contributed by atoms with Gasteiger partial charge in [-0.2, -0.15) is 0 Å². The SMILES string of the molecule is COc1ccc(C)cc1S(=O)(=O)NCC(=O)Nc1ccc(C)c(C)c1. The third kappa shape index (κ3) is 4.80. The first-order valence-electron chi connectivity index (χ1n) is 7.74. The van der Waals surface area contributed by atoms with Gasteiger partial charge in [-0.15, -0.1) is 0 Å². The zero-order valence-electron chi connectivity index (χ0n) is 14.7. The summed E-state index contributed by atoms with van der Waals surface area (Å²) in [4.78, 5) is 12.0. The number of ether oxygens (including phenoxy) is 1. The molecular weight excluding hydrogens is 340 g/mol. The highest BCUT2D eigenvalue weighted by Gasteiger charge is 2.20. The third-order valence-corrected chi connectivity index (χ3v) is 5.24. The maximum absolute atomic E-state index is 12.4. The number of anilines is 1. The van der Waals surface area contributed by atoms with Crippen LogP contribution < -0.4 is 14.8 Å². The Hall–Kier alpha value is -2.38. The summed E-state index contributed by atoms with van der Waals surface area (Å²) in [6, 6.07) is 10.3. The van der Waals surface area contributed by atoms with Gasteiger partial charge in [0.15, 0.2) is 0 Å². The number of methoxy groups -OCH3 is 1. The van der Waals surface area contributed by atoms with Crippen LogP contribution in [0.25, 0.3) is 0 Å². The van der Waals surface area contributed by atoms with E-state index in [4.69, 9.17) is 4.74 Å². The van der Waals surface area contributed by atoms with Crippen LogP contribution in [0.15, 0.2) is 41.3 Å². The Labute approximate surface area is 148 Å². The van der Waals surface area contributed by atoms with Crippen LogP contribution in [0.3, 0.4) is 0 Å². The molecule has 2 N–H and O–H groups in total. The molecule has 0 aliphatic heterocycles. The predicted octanol–water partition coefficient (Wildman–Crippen LogP) is 2.54. The maximum atomic E-state index is 12.4. The average Bonchev–Trinajstić information content (AvgIpc) is 2.56. The molecule has 6 nitrogen and oxygen atoms in total. The largest absolute Gasteiger partial charge is 0.495 e. The minimum Gasteiger partial charge on any atom is -0.495 e. The van der Waals surface area contributed by atoms with Crippen LogP contribution in [0.1, 0.15) is 16.7 Å². The number of nitrogens with one attached hydrogen (secondary N) is 2. The highest BCUT2D eigenvalue weighted by molar-refractivity contribution is 7.89. The second-order valence-electron chi connectivity index (χ2n) is 5.83. The Bertz CT molecular complexity index is 892. The van der Waals surface area contributed by atoms with E-state index in [1.807, 2.05) is 26.0 Å². The van der Waals surface area contributed by atoms with Crippen molar-refractivity contribution in [1.29, 1.82) is 0 Å². The van der Waals surface area contributed by atoms with Gasteiger partial charge in [-0.1, -0.05) is 12.1 Å². The number of amides is 1. The Morgan fingerprint density at radius 3 is 2.40 bits per heavy atom. The predicted molar refractivity (Wildman–Crippen MR) is 97.5 cm³/mol. The van der Waals surface area contributed by atoms with Gasteiger partial charge >= 0.3 is 0 Å². The summed E-state index contributed by atoms with van der Waals surface area (Å²) in [5.74, 6) is -0.217. The molecule has 2 aromatic carbocycles. The van der Waals surface area contributed by atoms with E-state index in [0.717, 1.165) is 16.7 Å². The van der Waals surface area contributed by atoms with Crippen LogP contribution >= 0.6 is 0 Å². The van der Waals surface area contributed by atoms with Gasteiger partial charge in [0.1, 0.15) is 10.6 Å². The molecule has 1 amide bonds. The molecule has 0 heterocycles. The Kier molecular flexibility index (Phi) is 5.81. The van der Waals surface area contributed by atoms with E-state index in [0.29, 0.717) is 5.69 Å². The van der Waals surface area contributed by atoms with Crippen molar-refractivity contribution in [2.75, 3.05) is 19.0 Å². The minimum absolute atomic E-state index is 0.00832. The molecule has 2 rings (SSSR count). The molecule has 0 spiro atoms. The molecule has 0 fully saturated rings. The summed E-state index contributed by atoms with van der Waals surface area (Å²) < 4.78 is 32.3. The Morgan fingerprint density at radius 2 is 1.76 bits per heavy atom. The first-order chi connectivity index (χ1) is 11.7. The molecule has 7 heteroatoms. The van der Waals surface area contributed by atoms with E-state index in [2.05, 4.69) is 10.0 Å². The average molecular weight is 362 g/mol. The number of sulfonamides is 1. The van der Waals surface area contributed by atoms with Crippen molar-refractivity contribution in [2.24, 2.45) is 0 Å². The lowest BCUT2D eigenvalue weighted by Crippen LogP contribution is -2.33. The quantitative estimate of drug-likeness (QED) is 0.827. The topological polar surface area (TPSA) is 84.5 Å². The number of aryl methyl sites for hydroxylation is 3. The molecule has 0 saturated heterocycles. The summed E-state index contributed by atoms with van der Waals surface area (Å²) in [6.07, 6.45) is 0. The molecule has 0 saturated carbocycles. The second kappa shape index (κ2) is 7.67. The number of carbonyl (C=O) groups excluding carboxylic acids is 1. The van der Waals surface area contributed by atoms with Crippen molar-refractivity contribution >= 4 is 21.6 Å². The van der Waals surface area contributed by atoms with E-state index in [1.165, 1.54) is 13.2 Å². The fraction of sp³-hybridized carbons (Fsp3) is 0.278. The molecule has 134 valence electrons. The van der Waals surface area contributed by atoms with E-state index in [-0.39, 0.29) is 17.2 Å². The molecule has 0 aliphatic rings. The number of benzene rings is 2. The van der Waals surface area contributed by atoms with Crippen LogP contribution in [0.4, 0.5) is 5.69 Å². The zero-order valence-corrected chi connectivity index (χ0v) is 15.5. The lowest BCUT2D eigenvalue weighted by molar-refractivity contribution is -0.115. The van der Waals surface area contributed by atoms with Gasteiger partial charge in [-0.05, 0) is 61.7 Å². The van der Waals surface area contributed by atoms with E-state index in [9.17, 15) is 13.2 Å². The summed E-state index contributed by atoms with van der Waals surface area (Å²) in [7, 11) is -2.46. The number of rotatable bonds is 6. The van der Waals surface area contributed by atoms with E-state index in [1.54, 1.807) is 25.1 Å². The van der Waals surface area contributed by atoms with Crippen molar-refractivity contribution in [3.8, 4) is 5.75 Å². The molecule has 0 atom stereocenters. The van der Waals surface area contributed by atoms with E-state index < -0.39 is 15.9 Å². The van der Waals surface area contributed by atoms with Gasteiger partial charge in [0.25, 0.3) is 0 Å². The number of hydrogen-bond acceptors (Lipinski definition) is 4. The molecular formula is C18H22N2O4S. The van der Waals surface area contributed by atoms with Crippen molar-refractivity contribution in [2.45, 2.75) is 25.7 Å². The maximum Gasteiger partial charge on any atom is 0.244 e. The van der Waals surface area contributed by atoms with Gasteiger partial charge in [-0.25, -0.2) is 13.1 Å². The third-order valence-electron chi connectivity index (χ3n) is 3.82. The van der Waals surface area contributed by atoms with Gasteiger partial charge in [-0.3, -0.25) is 4.79 Å². The molecule has 0 unspecified atom stereocenters. The molecule has 0 bridgehead atoms. The fourth-order valence-corrected chi connectivity index (χ4v) is 3.49. The highest BCUT2D eigenvalue weighted by atomic mass is 32.2. The number of hydrogen-bond donors (Lipinski definition) is 2. The molecule has 0 aliphatic carbocycles. The second-order valence-corrected chi connectivity index (χ2v) is 7.56. The number of carbonyl (C=O) groups is 1. The van der Waals surface area contributed by atoms with Crippen LogP contribution in [0.2, 0.25) is 0 Å². The fourth-order valence-electron chi connectivity index (χ4n) is 2.26. The van der Waals surface area contributed by atoms with Crippen LogP contribution in [0.5, 0.6) is 5.75 Å². The van der Waals surface area contributed by atoms with Crippen LogP contribution in [0, 0.1) is 20.8 Å². The molecule has 0 radical (unpaired) electrons. The lowest BCUT2D eigenvalue weighted by Gasteiger charge is -2.12. The first-order valence-corrected chi connectivity index (χ1v) is 9.22. The lowest BCUT2D eigenvalue weighted by atomic mass is 10.1. The summed E-state index contributed by atoms with van der Waals surface area (Å²) in [6.45, 7) is 5.33.